The smallest absolute Gasteiger partial charge is 0.458 e. The Bertz CT molecular complexity index is 921. The molecule has 2 N–H and O–H groups in total. The van der Waals surface area contributed by atoms with Crippen LogP contribution in [0.5, 0.6) is 5.75 Å². The summed E-state index contributed by atoms with van der Waals surface area (Å²) in [6.45, 7) is 0.361. The molecule has 0 spiro atoms. The predicted molar refractivity (Wildman–Crippen MR) is 89.7 cm³/mol. The van der Waals surface area contributed by atoms with Crippen LogP contribution in [0, 0.1) is 10.4 Å². The molecule has 124 valence electrons. The van der Waals surface area contributed by atoms with Gasteiger partial charge in [0.25, 0.3) is 5.52 Å². The molecule has 9 heteroatoms. The van der Waals surface area contributed by atoms with Gasteiger partial charge in [0.2, 0.25) is 5.10 Å². The Morgan fingerprint density at radius 1 is 1.04 bits per heavy atom. The van der Waals surface area contributed by atoms with Gasteiger partial charge in [-0.25, -0.2) is 4.73 Å². The molecule has 3 aromatic rings. The van der Waals surface area contributed by atoms with E-state index >= 15 is 0 Å². The highest BCUT2D eigenvalue weighted by atomic mass is 35.5. The first kappa shape index (κ1) is 16.4. The molecule has 0 atom stereocenters. The fourth-order valence-electron chi connectivity index (χ4n) is 2.21. The second kappa shape index (κ2) is 6.54. The van der Waals surface area contributed by atoms with Crippen LogP contribution in [0.1, 0.15) is 5.56 Å². The van der Waals surface area contributed by atoms with Crippen LogP contribution in [0.25, 0.3) is 11.0 Å². The molecule has 0 fully saturated rings. The number of aromatic nitrogens is 3. The van der Waals surface area contributed by atoms with E-state index in [1.165, 1.54) is 12.1 Å². The lowest BCUT2D eigenvalue weighted by atomic mass is 10.2. The monoisotopic (exact) mass is 366 g/mol. The van der Waals surface area contributed by atoms with Crippen LogP contribution < -0.4 is 20.0 Å². The summed E-state index contributed by atoms with van der Waals surface area (Å²) >= 11 is 11.8. The Balaban J connectivity index is 1.76. The van der Waals surface area contributed by atoms with Gasteiger partial charge < -0.3 is 15.2 Å². The minimum atomic E-state index is -0.426. The number of halogens is 2. The Kier molecular flexibility index (Phi) is 4.46. The maximum atomic E-state index is 11.9. The summed E-state index contributed by atoms with van der Waals surface area (Å²) < 4.78 is 6.01. The number of rotatable bonds is 4. The number of nitrogens with two attached hydrogens (primary N) is 1. The molecule has 0 aliphatic rings. The number of nitrogens with zero attached hydrogens (tertiary/aromatic N) is 3. The van der Waals surface area contributed by atoms with Crippen molar-refractivity contribution in [1.29, 1.82) is 0 Å². The fraction of sp³-hybridized carbons (Fsp3) is 0.133. The molecular weight excluding hydrogens is 355 g/mol. The molecule has 0 saturated carbocycles. The average molecular weight is 367 g/mol. The van der Waals surface area contributed by atoms with Crippen molar-refractivity contribution in [2.45, 2.75) is 6.42 Å². The minimum Gasteiger partial charge on any atom is -0.739 e. The van der Waals surface area contributed by atoms with E-state index in [0.29, 0.717) is 38.4 Å². The van der Waals surface area contributed by atoms with Crippen molar-refractivity contribution in [1.82, 2.24) is 5.10 Å². The number of fused-ring (bicyclic) bond motifs is 1. The largest absolute Gasteiger partial charge is 0.739 e. The normalized spacial score (nSPS) is 10.9. The van der Waals surface area contributed by atoms with E-state index in [9.17, 15) is 10.4 Å². The second-order valence-corrected chi connectivity index (χ2v) is 5.84. The van der Waals surface area contributed by atoms with Gasteiger partial charge in [0, 0.05) is 23.4 Å². The quantitative estimate of drug-likeness (QED) is 0.561. The minimum absolute atomic E-state index is 0.0875. The summed E-state index contributed by atoms with van der Waals surface area (Å²) in [7, 11) is 0. The van der Waals surface area contributed by atoms with Gasteiger partial charge in [-0.2, -0.15) is 0 Å². The third-order valence-electron chi connectivity index (χ3n) is 3.42. The molecule has 1 aromatic heterocycles. The summed E-state index contributed by atoms with van der Waals surface area (Å²) in [6, 6.07) is 9.84. The number of nitrogen functional groups attached to an aromatic ring is 1. The zero-order valence-corrected chi connectivity index (χ0v) is 13.8. The summed E-state index contributed by atoms with van der Waals surface area (Å²) in [5.41, 5.74) is 6.56. The zero-order valence-electron chi connectivity index (χ0n) is 12.3. The Morgan fingerprint density at radius 3 is 2.58 bits per heavy atom. The summed E-state index contributed by atoms with van der Waals surface area (Å²) in [5.74, 6) is 0.0169. The highest BCUT2D eigenvalue weighted by Crippen LogP contribution is 2.23. The van der Waals surface area contributed by atoms with E-state index < -0.39 is 5.95 Å². The van der Waals surface area contributed by atoms with Gasteiger partial charge in [-0.15, -0.1) is 0 Å². The number of benzene rings is 2. The van der Waals surface area contributed by atoms with E-state index in [0.717, 1.165) is 5.56 Å². The zero-order chi connectivity index (χ0) is 17.3. The van der Waals surface area contributed by atoms with Crippen molar-refractivity contribution in [3.63, 3.8) is 0 Å². The molecule has 0 unspecified atom stereocenters. The lowest BCUT2D eigenvalue weighted by molar-refractivity contribution is -0.672. The van der Waals surface area contributed by atoms with E-state index in [1.54, 1.807) is 18.2 Å². The molecule has 0 aliphatic carbocycles. The van der Waals surface area contributed by atoms with Crippen molar-refractivity contribution in [2.24, 2.45) is 0 Å². The third kappa shape index (κ3) is 3.22. The van der Waals surface area contributed by atoms with Crippen molar-refractivity contribution in [3.8, 4) is 5.75 Å². The lowest BCUT2D eigenvalue weighted by Gasteiger charge is -2.10. The molecule has 3 rings (SSSR count). The molecule has 0 saturated heterocycles. The molecule has 24 heavy (non-hydrogen) atoms. The van der Waals surface area contributed by atoms with Crippen molar-refractivity contribution in [3.05, 3.63) is 62.4 Å². The fourth-order valence-corrected chi connectivity index (χ4v) is 2.53. The Hall–Kier alpha value is -2.51. The number of anilines is 1. The molecule has 0 bridgehead atoms. The van der Waals surface area contributed by atoms with E-state index in [1.807, 2.05) is 6.07 Å². The number of ether oxygens (including phenoxy) is 1. The maximum absolute atomic E-state index is 11.9. The van der Waals surface area contributed by atoms with Crippen molar-refractivity contribution < 1.29 is 14.3 Å². The second-order valence-electron chi connectivity index (χ2n) is 5.02. The van der Waals surface area contributed by atoms with Crippen LogP contribution in [-0.4, -0.2) is 11.7 Å². The van der Waals surface area contributed by atoms with Crippen LogP contribution in [0.4, 0.5) is 5.95 Å². The van der Waals surface area contributed by atoms with Gasteiger partial charge in [0.1, 0.15) is 5.75 Å². The van der Waals surface area contributed by atoms with Gasteiger partial charge >= 0.3 is 5.95 Å². The van der Waals surface area contributed by atoms with Crippen LogP contribution >= 0.6 is 23.2 Å². The van der Waals surface area contributed by atoms with Gasteiger partial charge in [-0.1, -0.05) is 29.3 Å². The van der Waals surface area contributed by atoms with Gasteiger partial charge in [-0.05, 0) is 23.8 Å². The first-order chi connectivity index (χ1) is 11.5. The van der Waals surface area contributed by atoms with Crippen molar-refractivity contribution >= 4 is 40.2 Å². The van der Waals surface area contributed by atoms with E-state index in [4.69, 9.17) is 33.7 Å². The Labute approximate surface area is 147 Å². The third-order valence-corrected chi connectivity index (χ3v) is 4.16. The average Bonchev–Trinajstić information content (AvgIpc) is 2.56. The topological polar surface area (TPSA) is 102 Å². The van der Waals surface area contributed by atoms with Crippen LogP contribution in [0.3, 0.4) is 0 Å². The SMILES string of the molecule is Nc1n[n+]([O-])c2ccc(OCCc3ccc(Cl)c(Cl)c3)cc2[n+]1[O-]. The van der Waals surface area contributed by atoms with E-state index in [-0.39, 0.29) is 11.0 Å². The summed E-state index contributed by atoms with van der Waals surface area (Å²) in [6.07, 6.45) is 0.604. The number of hydrogen-bond donors (Lipinski definition) is 1. The van der Waals surface area contributed by atoms with Gasteiger partial charge in [-0.3, -0.25) is 5.73 Å². The molecule has 0 aliphatic heterocycles. The predicted octanol–water partition coefficient (Wildman–Crippen LogP) is 2.01. The molecule has 0 radical (unpaired) electrons. The summed E-state index contributed by atoms with van der Waals surface area (Å²) in [5, 5.41) is 27.9. The Morgan fingerprint density at radius 2 is 1.83 bits per heavy atom. The first-order valence-corrected chi connectivity index (χ1v) is 7.70. The van der Waals surface area contributed by atoms with Crippen LogP contribution in [0.2, 0.25) is 10.0 Å². The van der Waals surface area contributed by atoms with Gasteiger partial charge in [0.05, 0.1) is 16.7 Å². The molecule has 0 amide bonds. The highest BCUT2D eigenvalue weighted by molar-refractivity contribution is 6.42. The standard InChI is InChI=1S/C15H12Cl2N4O3/c16-11-3-1-9(7-12(11)17)5-6-24-10-2-4-13-14(8-10)20(22)15(18)19-21(13)23/h1-4,7-8H,5-6H2,(H2,18,19). The molecule has 1 heterocycles. The number of hydrogen-bond acceptors (Lipinski definition) is 5. The first-order valence-electron chi connectivity index (χ1n) is 6.95. The van der Waals surface area contributed by atoms with Crippen molar-refractivity contribution in [2.75, 3.05) is 12.3 Å². The molecular formula is C15H12Cl2N4O3. The van der Waals surface area contributed by atoms with Crippen LogP contribution in [0.15, 0.2) is 36.4 Å². The van der Waals surface area contributed by atoms with E-state index in [2.05, 4.69) is 5.10 Å². The highest BCUT2D eigenvalue weighted by Gasteiger charge is 2.17. The maximum Gasteiger partial charge on any atom is 0.458 e. The summed E-state index contributed by atoms with van der Waals surface area (Å²) in [4.78, 5) is 0.304. The van der Waals surface area contributed by atoms with Crippen LogP contribution in [-0.2, 0) is 6.42 Å². The van der Waals surface area contributed by atoms with Gasteiger partial charge in [0.15, 0.2) is 5.52 Å². The lowest BCUT2D eigenvalue weighted by Crippen LogP contribution is -2.44. The molecule has 7 nitrogen and oxygen atoms in total. The molecule has 2 aromatic carbocycles.